The van der Waals surface area contributed by atoms with Gasteiger partial charge in [0.2, 0.25) is 0 Å². The molecule has 2 N–H and O–H groups in total. The zero-order valence-corrected chi connectivity index (χ0v) is 18.5. The molecule has 33 heavy (non-hydrogen) atoms. The Morgan fingerprint density at radius 1 is 0.848 bits per heavy atom. The molecule has 0 unspecified atom stereocenters. The maximum atomic E-state index is 12.7. The lowest BCUT2D eigenvalue weighted by atomic mass is 10.0. The van der Waals surface area contributed by atoms with Crippen molar-refractivity contribution in [3.63, 3.8) is 0 Å². The van der Waals surface area contributed by atoms with E-state index < -0.39 is 0 Å². The number of carbonyl (C=O) groups is 2. The number of nitrogens with one attached hydrogen (secondary N) is 2. The van der Waals surface area contributed by atoms with Crippen molar-refractivity contribution in [2.45, 2.75) is 32.0 Å². The molecular weight excluding hydrogens is 416 g/mol. The Kier molecular flexibility index (Phi) is 6.08. The second kappa shape index (κ2) is 9.46. The van der Waals surface area contributed by atoms with Crippen molar-refractivity contribution in [1.82, 2.24) is 19.4 Å². The standard InChI is InChI=1S/C25H28N6O2/c32-24(27-20-4-2-1-3-5-20)19-6-8-21(9-7-19)28-25(33)30-13-10-22(11-14-30)31-17-16-29-15-12-26-23(29)18-31/h1-9,12,15,22H,10-11,13-14,16-18H2,(H,27,32)(H,28,33). The molecular formula is C25H28N6O2. The number of anilines is 2. The van der Waals surface area contributed by atoms with Gasteiger partial charge in [-0.3, -0.25) is 9.69 Å². The molecule has 5 rings (SSSR count). The zero-order chi connectivity index (χ0) is 22.6. The molecule has 0 bridgehead atoms. The summed E-state index contributed by atoms with van der Waals surface area (Å²) in [4.78, 5) is 34.0. The predicted octanol–water partition coefficient (Wildman–Crippen LogP) is 3.65. The molecule has 1 fully saturated rings. The second-order valence-electron chi connectivity index (χ2n) is 8.55. The number of amides is 3. The van der Waals surface area contributed by atoms with Gasteiger partial charge in [-0.05, 0) is 49.2 Å². The van der Waals surface area contributed by atoms with Gasteiger partial charge < -0.3 is 20.1 Å². The first-order chi connectivity index (χ1) is 16.2. The number of carbonyl (C=O) groups excluding carboxylic acids is 2. The summed E-state index contributed by atoms with van der Waals surface area (Å²) < 4.78 is 2.22. The Labute approximate surface area is 193 Å². The summed E-state index contributed by atoms with van der Waals surface area (Å²) in [5, 5.41) is 5.82. The average molecular weight is 445 g/mol. The van der Waals surface area contributed by atoms with E-state index in [9.17, 15) is 9.59 Å². The lowest BCUT2D eigenvalue weighted by Gasteiger charge is -2.40. The van der Waals surface area contributed by atoms with Gasteiger partial charge in [0, 0.05) is 61.6 Å². The fourth-order valence-corrected chi connectivity index (χ4v) is 4.57. The van der Waals surface area contributed by atoms with Crippen LogP contribution in [0.1, 0.15) is 29.0 Å². The molecule has 0 saturated carbocycles. The van der Waals surface area contributed by atoms with Gasteiger partial charge in [-0.15, -0.1) is 0 Å². The van der Waals surface area contributed by atoms with E-state index >= 15 is 0 Å². The highest BCUT2D eigenvalue weighted by molar-refractivity contribution is 6.04. The van der Waals surface area contributed by atoms with Gasteiger partial charge in [0.05, 0.1) is 6.54 Å². The first kappa shape index (κ1) is 21.2. The molecule has 8 nitrogen and oxygen atoms in total. The van der Waals surface area contributed by atoms with Crippen molar-refractivity contribution >= 4 is 23.3 Å². The summed E-state index contributed by atoms with van der Waals surface area (Å²) in [6.45, 7) is 4.37. The van der Waals surface area contributed by atoms with Gasteiger partial charge >= 0.3 is 6.03 Å². The molecule has 0 radical (unpaired) electrons. The van der Waals surface area contributed by atoms with Gasteiger partial charge in [-0.2, -0.15) is 0 Å². The topological polar surface area (TPSA) is 82.5 Å². The Morgan fingerprint density at radius 3 is 2.33 bits per heavy atom. The highest BCUT2D eigenvalue weighted by atomic mass is 16.2. The molecule has 2 aromatic carbocycles. The number of hydrogen-bond donors (Lipinski definition) is 2. The van der Waals surface area contributed by atoms with Crippen LogP contribution in [-0.4, -0.2) is 57.0 Å². The molecule has 0 atom stereocenters. The fraction of sp³-hybridized carbons (Fsp3) is 0.320. The Hall–Kier alpha value is -3.65. The summed E-state index contributed by atoms with van der Waals surface area (Å²) in [6, 6.07) is 16.7. The number of benzene rings is 2. The number of likely N-dealkylation sites (tertiary alicyclic amines) is 1. The third kappa shape index (κ3) is 4.90. The Bertz CT molecular complexity index is 1100. The van der Waals surface area contributed by atoms with E-state index in [2.05, 4.69) is 25.1 Å². The van der Waals surface area contributed by atoms with E-state index in [-0.39, 0.29) is 11.9 Å². The van der Waals surface area contributed by atoms with Gasteiger partial charge in [0.1, 0.15) is 5.82 Å². The molecule has 1 saturated heterocycles. The smallest absolute Gasteiger partial charge is 0.321 e. The van der Waals surface area contributed by atoms with Crippen LogP contribution in [0.25, 0.3) is 0 Å². The first-order valence-corrected chi connectivity index (χ1v) is 11.4. The lowest BCUT2D eigenvalue weighted by Crippen LogP contribution is -2.49. The summed E-state index contributed by atoms with van der Waals surface area (Å²) >= 11 is 0. The SMILES string of the molecule is O=C(Nc1ccccc1)c1ccc(NC(=O)N2CCC(N3CCn4ccnc4C3)CC2)cc1. The van der Waals surface area contributed by atoms with Crippen LogP contribution in [0.15, 0.2) is 67.0 Å². The fourth-order valence-electron chi connectivity index (χ4n) is 4.57. The summed E-state index contributed by atoms with van der Waals surface area (Å²) in [7, 11) is 0. The summed E-state index contributed by atoms with van der Waals surface area (Å²) in [5.74, 6) is 0.948. The van der Waals surface area contributed by atoms with Crippen molar-refractivity contribution in [2.24, 2.45) is 0 Å². The molecule has 3 heterocycles. The Morgan fingerprint density at radius 2 is 1.58 bits per heavy atom. The number of urea groups is 1. The maximum absolute atomic E-state index is 12.7. The van der Waals surface area contributed by atoms with Crippen LogP contribution < -0.4 is 10.6 Å². The highest BCUT2D eigenvalue weighted by Gasteiger charge is 2.29. The molecule has 3 amide bonds. The quantitative estimate of drug-likeness (QED) is 0.644. The normalized spacial score (nSPS) is 16.8. The molecule has 1 aromatic heterocycles. The van der Waals surface area contributed by atoms with E-state index in [0.29, 0.717) is 17.3 Å². The third-order valence-corrected chi connectivity index (χ3v) is 6.47. The Balaban J connectivity index is 1.10. The van der Waals surface area contributed by atoms with Gasteiger partial charge in [0.15, 0.2) is 0 Å². The summed E-state index contributed by atoms with van der Waals surface area (Å²) in [6.07, 6.45) is 5.84. The van der Waals surface area contributed by atoms with E-state index in [1.165, 1.54) is 0 Å². The number of nitrogens with zero attached hydrogens (tertiary/aromatic N) is 4. The minimum atomic E-state index is -0.179. The van der Waals surface area contributed by atoms with E-state index in [0.717, 1.165) is 57.1 Å². The molecule has 0 spiro atoms. The van der Waals surface area contributed by atoms with Crippen molar-refractivity contribution < 1.29 is 9.59 Å². The molecule has 170 valence electrons. The number of para-hydroxylation sites is 1. The number of imidazole rings is 1. The number of fused-ring (bicyclic) bond motifs is 1. The van der Waals surface area contributed by atoms with E-state index in [1.54, 1.807) is 24.3 Å². The van der Waals surface area contributed by atoms with Crippen molar-refractivity contribution in [3.05, 3.63) is 78.4 Å². The lowest BCUT2D eigenvalue weighted by molar-refractivity contribution is 0.0971. The van der Waals surface area contributed by atoms with Crippen molar-refractivity contribution in [1.29, 1.82) is 0 Å². The van der Waals surface area contributed by atoms with Crippen LogP contribution >= 0.6 is 0 Å². The number of rotatable bonds is 4. The minimum Gasteiger partial charge on any atom is -0.333 e. The van der Waals surface area contributed by atoms with Crippen LogP contribution in [0.2, 0.25) is 0 Å². The number of aromatic nitrogens is 2. The van der Waals surface area contributed by atoms with Crippen LogP contribution in [0.5, 0.6) is 0 Å². The van der Waals surface area contributed by atoms with Gasteiger partial charge in [-0.25, -0.2) is 9.78 Å². The predicted molar refractivity (Wildman–Crippen MR) is 127 cm³/mol. The van der Waals surface area contributed by atoms with Crippen LogP contribution in [0, 0.1) is 0 Å². The minimum absolute atomic E-state index is 0.0934. The van der Waals surface area contributed by atoms with Crippen molar-refractivity contribution in [3.8, 4) is 0 Å². The van der Waals surface area contributed by atoms with Crippen molar-refractivity contribution in [2.75, 3.05) is 30.3 Å². The largest absolute Gasteiger partial charge is 0.333 e. The number of hydrogen-bond acceptors (Lipinski definition) is 4. The third-order valence-electron chi connectivity index (χ3n) is 6.47. The monoisotopic (exact) mass is 444 g/mol. The zero-order valence-electron chi connectivity index (χ0n) is 18.5. The van der Waals surface area contributed by atoms with E-state index in [1.807, 2.05) is 47.6 Å². The molecule has 8 heteroatoms. The molecule has 2 aliphatic heterocycles. The van der Waals surface area contributed by atoms with Crippen LogP contribution in [-0.2, 0) is 13.1 Å². The second-order valence-corrected chi connectivity index (χ2v) is 8.55. The van der Waals surface area contributed by atoms with Gasteiger partial charge in [0.25, 0.3) is 5.91 Å². The maximum Gasteiger partial charge on any atom is 0.321 e. The van der Waals surface area contributed by atoms with E-state index in [4.69, 9.17) is 0 Å². The van der Waals surface area contributed by atoms with Crippen LogP contribution in [0.4, 0.5) is 16.2 Å². The molecule has 0 aliphatic carbocycles. The molecule has 2 aliphatic rings. The molecule has 3 aromatic rings. The average Bonchev–Trinajstić information content (AvgIpc) is 3.33. The summed E-state index contributed by atoms with van der Waals surface area (Å²) in [5.41, 5.74) is 1.97. The van der Waals surface area contributed by atoms with Crippen LogP contribution in [0.3, 0.4) is 0 Å². The first-order valence-electron chi connectivity index (χ1n) is 11.4. The van der Waals surface area contributed by atoms with Gasteiger partial charge in [-0.1, -0.05) is 18.2 Å². The highest BCUT2D eigenvalue weighted by Crippen LogP contribution is 2.22. The number of piperidine rings is 1.